The van der Waals surface area contributed by atoms with Gasteiger partial charge in [-0.1, -0.05) is 30.3 Å². The summed E-state index contributed by atoms with van der Waals surface area (Å²) in [6.07, 6.45) is -0.638. The smallest absolute Gasteiger partial charge is 0.344 e. The summed E-state index contributed by atoms with van der Waals surface area (Å²) >= 11 is 0. The Morgan fingerprint density at radius 3 is 2.53 bits per heavy atom. The molecule has 0 bridgehead atoms. The molecule has 0 saturated carbocycles. The third-order valence-corrected chi connectivity index (χ3v) is 4.45. The molecule has 3 aromatic rings. The van der Waals surface area contributed by atoms with E-state index < -0.39 is 23.9 Å². The van der Waals surface area contributed by atoms with Crippen molar-refractivity contribution in [3.8, 4) is 11.5 Å². The summed E-state index contributed by atoms with van der Waals surface area (Å²) < 4.78 is 49.0. The van der Waals surface area contributed by atoms with Crippen LogP contribution in [0.1, 0.15) is 23.0 Å². The van der Waals surface area contributed by atoms with E-state index in [9.17, 15) is 13.6 Å². The molecule has 1 heterocycles. The number of ether oxygens (including phenoxy) is 4. The predicted molar refractivity (Wildman–Crippen MR) is 103 cm³/mol. The molecule has 0 unspecified atom stereocenters. The Bertz CT molecular complexity index is 1020. The first-order valence-corrected chi connectivity index (χ1v) is 9.27. The van der Waals surface area contributed by atoms with Gasteiger partial charge in [-0.2, -0.15) is 0 Å². The highest BCUT2D eigenvalue weighted by atomic mass is 19.1. The number of esters is 1. The van der Waals surface area contributed by atoms with Gasteiger partial charge in [0, 0.05) is 16.7 Å². The van der Waals surface area contributed by atoms with Crippen LogP contribution in [0.2, 0.25) is 0 Å². The second-order valence-electron chi connectivity index (χ2n) is 6.63. The molecular weight excluding hydrogens is 394 g/mol. The van der Waals surface area contributed by atoms with Crippen molar-refractivity contribution in [2.45, 2.75) is 19.5 Å². The molecule has 5 nitrogen and oxygen atoms in total. The molecule has 3 aromatic carbocycles. The van der Waals surface area contributed by atoms with E-state index in [0.29, 0.717) is 22.6 Å². The minimum Gasteiger partial charge on any atom is -0.482 e. The fourth-order valence-corrected chi connectivity index (χ4v) is 3.03. The summed E-state index contributed by atoms with van der Waals surface area (Å²) in [5, 5.41) is 0. The van der Waals surface area contributed by atoms with E-state index in [2.05, 4.69) is 0 Å². The molecular formula is C23H18F2O5. The standard InChI is InChI=1S/C23H18F2O5/c24-18-6-8-20(9-7-18)27-14-21(26)28-12-16-10-19(25)11-17-13-29-23(30-22(16)17)15-4-2-1-3-5-15/h1-11,23H,12-14H2/t23-/m0/s1. The molecule has 0 spiro atoms. The third kappa shape index (κ3) is 4.75. The lowest BCUT2D eigenvalue weighted by atomic mass is 10.1. The second kappa shape index (κ2) is 8.92. The molecule has 1 aliphatic heterocycles. The lowest BCUT2D eigenvalue weighted by molar-refractivity contribution is -0.147. The molecule has 0 aliphatic carbocycles. The van der Waals surface area contributed by atoms with Crippen LogP contribution in [0, 0.1) is 11.6 Å². The molecule has 1 atom stereocenters. The van der Waals surface area contributed by atoms with Crippen molar-refractivity contribution in [3.05, 3.63) is 95.1 Å². The minimum atomic E-state index is -0.649. The van der Waals surface area contributed by atoms with Gasteiger partial charge in [0.15, 0.2) is 6.61 Å². The normalized spacial score (nSPS) is 15.1. The van der Waals surface area contributed by atoms with Crippen LogP contribution in [0.15, 0.2) is 66.7 Å². The highest BCUT2D eigenvalue weighted by molar-refractivity contribution is 5.71. The van der Waals surface area contributed by atoms with Crippen LogP contribution >= 0.6 is 0 Å². The van der Waals surface area contributed by atoms with Crippen LogP contribution in [0.5, 0.6) is 11.5 Å². The van der Waals surface area contributed by atoms with E-state index in [1.54, 1.807) is 0 Å². The number of halogens is 2. The average molecular weight is 412 g/mol. The van der Waals surface area contributed by atoms with Gasteiger partial charge in [-0.25, -0.2) is 13.6 Å². The molecule has 0 fully saturated rings. The Morgan fingerprint density at radius 2 is 1.77 bits per heavy atom. The number of hydrogen-bond donors (Lipinski definition) is 0. The summed E-state index contributed by atoms with van der Waals surface area (Å²) in [5.74, 6) is -0.762. The van der Waals surface area contributed by atoms with Crippen molar-refractivity contribution in [3.63, 3.8) is 0 Å². The summed E-state index contributed by atoms with van der Waals surface area (Å²) in [4.78, 5) is 12.0. The third-order valence-electron chi connectivity index (χ3n) is 4.45. The molecule has 0 amide bonds. The minimum absolute atomic E-state index is 0.168. The van der Waals surface area contributed by atoms with Crippen molar-refractivity contribution in [1.29, 1.82) is 0 Å². The Hall–Kier alpha value is -3.45. The zero-order chi connectivity index (χ0) is 20.9. The lowest BCUT2D eigenvalue weighted by Gasteiger charge is -2.28. The maximum absolute atomic E-state index is 14.0. The number of benzene rings is 3. The lowest BCUT2D eigenvalue weighted by Crippen LogP contribution is -2.20. The molecule has 0 N–H and O–H groups in total. The number of fused-ring (bicyclic) bond motifs is 1. The van der Waals surface area contributed by atoms with Crippen molar-refractivity contribution in [2.75, 3.05) is 6.61 Å². The Labute approximate surface area is 171 Å². The highest BCUT2D eigenvalue weighted by Crippen LogP contribution is 2.36. The molecule has 1 aliphatic rings. The quantitative estimate of drug-likeness (QED) is 0.550. The van der Waals surface area contributed by atoms with E-state index in [0.717, 1.165) is 5.56 Å². The van der Waals surface area contributed by atoms with Gasteiger partial charge < -0.3 is 18.9 Å². The molecule has 0 radical (unpaired) electrons. The van der Waals surface area contributed by atoms with Crippen molar-refractivity contribution in [1.82, 2.24) is 0 Å². The van der Waals surface area contributed by atoms with Crippen LogP contribution in [0.3, 0.4) is 0 Å². The van der Waals surface area contributed by atoms with Crippen molar-refractivity contribution >= 4 is 5.97 Å². The predicted octanol–water partition coefficient (Wildman–Crippen LogP) is 4.69. The van der Waals surface area contributed by atoms with Gasteiger partial charge >= 0.3 is 5.97 Å². The van der Waals surface area contributed by atoms with Crippen LogP contribution in [0.4, 0.5) is 8.78 Å². The van der Waals surface area contributed by atoms with Gasteiger partial charge in [0.1, 0.15) is 29.7 Å². The van der Waals surface area contributed by atoms with Crippen molar-refractivity contribution in [2.24, 2.45) is 0 Å². The zero-order valence-corrected chi connectivity index (χ0v) is 15.8. The SMILES string of the molecule is O=C(COc1ccc(F)cc1)OCc1cc(F)cc2c1O[C@@H](c1ccccc1)OC2. The van der Waals surface area contributed by atoms with E-state index in [1.807, 2.05) is 30.3 Å². The first-order valence-electron chi connectivity index (χ1n) is 9.27. The first-order chi connectivity index (χ1) is 14.6. The Balaban J connectivity index is 1.41. The number of carbonyl (C=O) groups excluding carboxylic acids is 1. The number of rotatable bonds is 6. The summed E-state index contributed by atoms with van der Waals surface area (Å²) in [6, 6.07) is 17.2. The second-order valence-corrected chi connectivity index (χ2v) is 6.63. The molecule has 154 valence electrons. The van der Waals surface area contributed by atoms with Crippen LogP contribution in [0.25, 0.3) is 0 Å². The van der Waals surface area contributed by atoms with E-state index in [1.165, 1.54) is 36.4 Å². The Morgan fingerprint density at radius 1 is 1.00 bits per heavy atom. The fraction of sp³-hybridized carbons (Fsp3) is 0.174. The molecule has 30 heavy (non-hydrogen) atoms. The van der Waals surface area contributed by atoms with Crippen LogP contribution < -0.4 is 9.47 Å². The number of carbonyl (C=O) groups is 1. The maximum atomic E-state index is 14.0. The molecule has 7 heteroatoms. The summed E-state index contributed by atoms with van der Waals surface area (Å²) in [7, 11) is 0. The largest absolute Gasteiger partial charge is 0.482 e. The molecule has 0 aromatic heterocycles. The fourth-order valence-electron chi connectivity index (χ4n) is 3.03. The van der Waals surface area contributed by atoms with Crippen molar-refractivity contribution < 1.29 is 32.5 Å². The van der Waals surface area contributed by atoms with Crippen LogP contribution in [-0.2, 0) is 27.5 Å². The number of hydrogen-bond acceptors (Lipinski definition) is 5. The first kappa shape index (κ1) is 19.8. The Kier molecular flexibility index (Phi) is 5.90. The average Bonchev–Trinajstić information content (AvgIpc) is 2.77. The molecule has 0 saturated heterocycles. The van der Waals surface area contributed by atoms with Gasteiger partial charge in [-0.05, 0) is 36.4 Å². The zero-order valence-electron chi connectivity index (χ0n) is 15.8. The topological polar surface area (TPSA) is 54.0 Å². The van der Waals surface area contributed by atoms with E-state index >= 15 is 0 Å². The highest BCUT2D eigenvalue weighted by Gasteiger charge is 2.25. The molecule has 4 rings (SSSR count). The maximum Gasteiger partial charge on any atom is 0.344 e. The van der Waals surface area contributed by atoms with Gasteiger partial charge in [0.25, 0.3) is 0 Å². The summed E-state index contributed by atoms with van der Waals surface area (Å²) in [6.45, 7) is -0.381. The monoisotopic (exact) mass is 412 g/mol. The summed E-state index contributed by atoms with van der Waals surface area (Å²) in [5.41, 5.74) is 1.75. The van der Waals surface area contributed by atoms with Gasteiger partial charge in [0.05, 0.1) is 6.61 Å². The van der Waals surface area contributed by atoms with E-state index in [-0.39, 0.29) is 19.8 Å². The van der Waals surface area contributed by atoms with E-state index in [4.69, 9.17) is 18.9 Å². The van der Waals surface area contributed by atoms with Gasteiger partial charge in [0.2, 0.25) is 6.29 Å². The van der Waals surface area contributed by atoms with Crippen LogP contribution in [-0.4, -0.2) is 12.6 Å². The van der Waals surface area contributed by atoms with Gasteiger partial charge in [-0.15, -0.1) is 0 Å². The van der Waals surface area contributed by atoms with Gasteiger partial charge in [-0.3, -0.25) is 0 Å².